The van der Waals surface area contributed by atoms with Gasteiger partial charge in [0.25, 0.3) is 0 Å². The quantitative estimate of drug-likeness (QED) is 0.665. The zero-order valence-electron chi connectivity index (χ0n) is 6.88. The average Bonchev–Trinajstić information content (AvgIpc) is 2.85. The van der Waals surface area contributed by atoms with Gasteiger partial charge in [-0.3, -0.25) is 0 Å². The highest BCUT2D eigenvalue weighted by Gasteiger charge is 2.44. The number of halogens is 3. The molecule has 0 saturated heterocycles. The molecule has 0 unspecified atom stereocenters. The molecule has 1 saturated carbocycles. The van der Waals surface area contributed by atoms with E-state index in [4.69, 9.17) is 0 Å². The van der Waals surface area contributed by atoms with Crippen LogP contribution in [0.1, 0.15) is 17.9 Å². The van der Waals surface area contributed by atoms with Crippen molar-refractivity contribution in [3.8, 4) is 0 Å². The minimum Gasteiger partial charge on any atom is -0.210 e. The van der Waals surface area contributed by atoms with Crippen LogP contribution in [0.4, 0.5) is 13.2 Å². The Balaban J connectivity index is 2.08. The highest BCUT2D eigenvalue weighted by atomic mass is 19.3. The number of rotatable bonds is 2. The van der Waals surface area contributed by atoms with Crippen molar-refractivity contribution in [1.82, 2.24) is 0 Å². The highest BCUT2D eigenvalue weighted by Crippen LogP contribution is 2.50. The molecule has 0 radical (unpaired) electrons. The van der Waals surface area contributed by atoms with E-state index in [0.717, 1.165) is 5.56 Å². The van der Waals surface area contributed by atoms with Gasteiger partial charge in [0.05, 0.1) is 0 Å². The Bertz CT molecular complexity index is 292. The maximum absolute atomic E-state index is 12.5. The van der Waals surface area contributed by atoms with E-state index in [1.807, 2.05) is 0 Å². The van der Waals surface area contributed by atoms with Crippen molar-refractivity contribution in [1.29, 1.82) is 0 Å². The molecule has 1 aromatic rings. The molecule has 0 spiro atoms. The smallest absolute Gasteiger partial charge is 0.210 e. The van der Waals surface area contributed by atoms with Crippen molar-refractivity contribution in [2.75, 3.05) is 0 Å². The maximum Gasteiger partial charge on any atom is 0.242 e. The molecule has 0 bridgehead atoms. The van der Waals surface area contributed by atoms with Crippen molar-refractivity contribution < 1.29 is 13.2 Å². The molecule has 3 heteroatoms. The number of benzene rings is 1. The second kappa shape index (κ2) is 3.05. The first kappa shape index (κ1) is 8.60. The fourth-order valence-electron chi connectivity index (χ4n) is 1.59. The molecular weight excluding hydrogens is 177 g/mol. The molecule has 1 aromatic carbocycles. The van der Waals surface area contributed by atoms with Crippen LogP contribution in [0.5, 0.6) is 0 Å². The second-order valence-corrected chi connectivity index (χ2v) is 3.39. The Hall–Kier alpha value is -0.990. The first-order chi connectivity index (χ1) is 6.18. The topological polar surface area (TPSA) is 0 Å². The van der Waals surface area contributed by atoms with E-state index in [1.165, 1.54) is 12.1 Å². The van der Waals surface area contributed by atoms with Gasteiger partial charge in [-0.2, -0.15) is 0 Å². The molecule has 0 nitrogen and oxygen atoms in total. The van der Waals surface area contributed by atoms with Gasteiger partial charge < -0.3 is 0 Å². The molecule has 0 aromatic heterocycles. The van der Waals surface area contributed by atoms with Gasteiger partial charge >= 0.3 is 0 Å². The SMILES string of the molecule is Fc1ccc([C@@H]2C[C@H]2C(F)F)cc1. The Morgan fingerprint density at radius 1 is 1.15 bits per heavy atom. The summed E-state index contributed by atoms with van der Waals surface area (Å²) < 4.78 is 36.8. The van der Waals surface area contributed by atoms with Crippen LogP contribution in [0.25, 0.3) is 0 Å². The van der Waals surface area contributed by atoms with Crippen LogP contribution >= 0.6 is 0 Å². The van der Waals surface area contributed by atoms with Crippen molar-refractivity contribution >= 4 is 0 Å². The zero-order chi connectivity index (χ0) is 9.42. The van der Waals surface area contributed by atoms with Gasteiger partial charge in [0.2, 0.25) is 6.43 Å². The van der Waals surface area contributed by atoms with E-state index >= 15 is 0 Å². The van der Waals surface area contributed by atoms with Crippen LogP contribution in [0, 0.1) is 11.7 Å². The van der Waals surface area contributed by atoms with Crippen LogP contribution in [0.15, 0.2) is 24.3 Å². The molecule has 0 aliphatic heterocycles. The summed E-state index contributed by atoms with van der Waals surface area (Å²) in [6, 6.07) is 5.80. The van der Waals surface area contributed by atoms with Crippen LogP contribution in [-0.2, 0) is 0 Å². The fourth-order valence-corrected chi connectivity index (χ4v) is 1.59. The van der Waals surface area contributed by atoms with E-state index in [9.17, 15) is 13.2 Å². The minimum atomic E-state index is -2.24. The van der Waals surface area contributed by atoms with E-state index in [-0.39, 0.29) is 11.7 Å². The van der Waals surface area contributed by atoms with Gasteiger partial charge in [0, 0.05) is 5.92 Å². The maximum atomic E-state index is 12.5. The second-order valence-electron chi connectivity index (χ2n) is 3.39. The Morgan fingerprint density at radius 3 is 2.23 bits per heavy atom. The largest absolute Gasteiger partial charge is 0.242 e. The van der Waals surface area contributed by atoms with Gasteiger partial charge in [0.1, 0.15) is 5.82 Å². The molecule has 0 heterocycles. The van der Waals surface area contributed by atoms with Crippen molar-refractivity contribution in [3.63, 3.8) is 0 Å². The van der Waals surface area contributed by atoms with Crippen LogP contribution in [0.2, 0.25) is 0 Å². The average molecular weight is 186 g/mol. The van der Waals surface area contributed by atoms with Crippen LogP contribution in [-0.4, -0.2) is 6.43 Å². The third-order valence-electron chi connectivity index (χ3n) is 2.46. The van der Waals surface area contributed by atoms with Crippen molar-refractivity contribution in [2.45, 2.75) is 18.8 Å². The summed E-state index contributed by atoms with van der Waals surface area (Å²) in [6.45, 7) is 0. The lowest BCUT2D eigenvalue weighted by molar-refractivity contribution is 0.120. The molecule has 70 valence electrons. The van der Waals surface area contributed by atoms with Crippen molar-refractivity contribution in [3.05, 3.63) is 35.6 Å². The van der Waals surface area contributed by atoms with E-state index in [2.05, 4.69) is 0 Å². The lowest BCUT2D eigenvalue weighted by atomic mass is 10.1. The number of hydrogen-bond donors (Lipinski definition) is 0. The third-order valence-corrected chi connectivity index (χ3v) is 2.46. The number of alkyl halides is 2. The summed E-state index contributed by atoms with van der Waals surface area (Å²) in [7, 11) is 0. The molecule has 0 N–H and O–H groups in total. The molecule has 1 aliphatic rings. The molecule has 0 amide bonds. The Kier molecular flexibility index (Phi) is 2.02. The lowest BCUT2D eigenvalue weighted by Crippen LogP contribution is -1.95. The summed E-state index contributed by atoms with van der Waals surface area (Å²) in [6.07, 6.45) is -1.71. The molecule has 13 heavy (non-hydrogen) atoms. The monoisotopic (exact) mass is 186 g/mol. The van der Waals surface area contributed by atoms with Crippen LogP contribution in [0.3, 0.4) is 0 Å². The first-order valence-corrected chi connectivity index (χ1v) is 4.22. The standard InChI is InChI=1S/C10H9F3/c11-7-3-1-6(2-4-7)8-5-9(8)10(12)13/h1-4,8-10H,5H2/t8-,9+/m0/s1. The van der Waals surface area contributed by atoms with E-state index in [1.54, 1.807) is 12.1 Å². The summed E-state index contributed by atoms with van der Waals surface area (Å²) in [4.78, 5) is 0. The summed E-state index contributed by atoms with van der Waals surface area (Å²) in [5.74, 6) is -0.885. The van der Waals surface area contributed by atoms with Crippen molar-refractivity contribution in [2.24, 2.45) is 5.92 Å². The Labute approximate surface area is 74.4 Å². The molecule has 2 atom stereocenters. The fraction of sp³-hybridized carbons (Fsp3) is 0.400. The predicted molar refractivity (Wildman–Crippen MR) is 43.3 cm³/mol. The Morgan fingerprint density at radius 2 is 1.77 bits per heavy atom. The highest BCUT2D eigenvalue weighted by molar-refractivity contribution is 5.26. The minimum absolute atomic E-state index is 0.0550. The summed E-state index contributed by atoms with van der Waals surface area (Å²) >= 11 is 0. The molecule has 1 aliphatic carbocycles. The number of hydrogen-bond acceptors (Lipinski definition) is 0. The summed E-state index contributed by atoms with van der Waals surface area (Å²) in [5, 5.41) is 0. The van der Waals surface area contributed by atoms with Gasteiger partial charge in [-0.15, -0.1) is 0 Å². The lowest BCUT2D eigenvalue weighted by Gasteiger charge is -1.99. The van der Waals surface area contributed by atoms with E-state index < -0.39 is 12.3 Å². The van der Waals surface area contributed by atoms with Gasteiger partial charge in [0.15, 0.2) is 0 Å². The summed E-state index contributed by atoms with van der Waals surface area (Å²) in [5.41, 5.74) is 0.826. The third kappa shape index (κ3) is 1.69. The van der Waals surface area contributed by atoms with Crippen LogP contribution < -0.4 is 0 Å². The van der Waals surface area contributed by atoms with Gasteiger partial charge in [-0.1, -0.05) is 12.1 Å². The van der Waals surface area contributed by atoms with Gasteiger partial charge in [-0.05, 0) is 30.0 Å². The first-order valence-electron chi connectivity index (χ1n) is 4.22. The molecule has 1 fully saturated rings. The molecular formula is C10H9F3. The zero-order valence-corrected chi connectivity index (χ0v) is 6.88. The van der Waals surface area contributed by atoms with E-state index in [0.29, 0.717) is 6.42 Å². The predicted octanol–water partition coefficient (Wildman–Crippen LogP) is 3.19. The normalized spacial score (nSPS) is 26.5. The van der Waals surface area contributed by atoms with Gasteiger partial charge in [-0.25, -0.2) is 13.2 Å². The molecule has 2 rings (SSSR count).